The van der Waals surface area contributed by atoms with Crippen molar-refractivity contribution in [3.05, 3.63) is 30.3 Å². The molecule has 0 N–H and O–H groups in total. The number of benzene rings is 1. The molecule has 0 spiro atoms. The third-order valence-corrected chi connectivity index (χ3v) is 4.29. The molecule has 2 atom stereocenters. The van der Waals surface area contributed by atoms with Crippen LogP contribution in [-0.4, -0.2) is 22.1 Å². The molecule has 2 unspecified atom stereocenters. The minimum atomic E-state index is 0.199. The summed E-state index contributed by atoms with van der Waals surface area (Å²) in [6.07, 6.45) is 0. The van der Waals surface area contributed by atoms with Crippen LogP contribution in [0.5, 0.6) is 0 Å². The normalized spacial score (nSPS) is 28.4. The Labute approximate surface area is 94.7 Å². The lowest BCUT2D eigenvalue weighted by atomic mass is 10.3. The molecule has 1 heterocycles. The van der Waals surface area contributed by atoms with E-state index in [0.29, 0.717) is 5.37 Å². The molecule has 2 rings (SSSR count). The van der Waals surface area contributed by atoms with Crippen LogP contribution >= 0.6 is 0 Å². The van der Waals surface area contributed by atoms with Gasteiger partial charge in [0, 0.05) is 14.0 Å². The molecule has 4 heteroatoms. The molecule has 1 saturated heterocycles. The van der Waals surface area contributed by atoms with Gasteiger partial charge in [-0.05, 0) is 23.9 Å². The molecule has 14 heavy (non-hydrogen) atoms. The van der Waals surface area contributed by atoms with Crippen LogP contribution in [0.1, 0.15) is 6.92 Å². The van der Waals surface area contributed by atoms with Crippen molar-refractivity contribution in [3.8, 4) is 0 Å². The van der Waals surface area contributed by atoms with Gasteiger partial charge in [0.25, 0.3) is 0 Å². The molecule has 0 saturated carbocycles. The Morgan fingerprint density at radius 2 is 1.93 bits per heavy atom. The molecule has 1 aromatic rings. The van der Waals surface area contributed by atoms with Crippen molar-refractivity contribution in [1.29, 1.82) is 0 Å². The minimum Gasteiger partial charge on any atom is -0.716 e. The van der Waals surface area contributed by atoms with E-state index in [1.165, 1.54) is 17.4 Å². The first-order valence-corrected chi connectivity index (χ1v) is 6.13. The Kier molecular flexibility index (Phi) is 2.95. The Bertz CT molecular complexity index is 304. The Hall–Kier alpha value is -0.320. The maximum atomic E-state index is 5.35. The summed E-state index contributed by atoms with van der Waals surface area (Å²) in [6, 6.07) is 10.4. The fourth-order valence-electron chi connectivity index (χ4n) is 1.69. The quantitative estimate of drug-likeness (QED) is 0.405. The molecule has 0 radical (unpaired) electrons. The van der Waals surface area contributed by atoms with Crippen LogP contribution in [0.3, 0.4) is 0 Å². The summed E-state index contributed by atoms with van der Waals surface area (Å²) in [5.41, 5.74) is 1.22. The van der Waals surface area contributed by atoms with Crippen molar-refractivity contribution in [2.24, 2.45) is 0 Å². The fraction of sp³-hybridized carbons (Fsp3) is 0.400. The van der Waals surface area contributed by atoms with Gasteiger partial charge in [0.1, 0.15) is 0 Å². The molecule has 1 aliphatic heterocycles. The first-order chi connectivity index (χ1) is 6.70. The molecule has 2 nitrogen and oxygen atoms in total. The lowest BCUT2D eigenvalue weighted by Crippen LogP contribution is -2.39. The minimum absolute atomic E-state index is 0.199. The van der Waals surface area contributed by atoms with E-state index in [9.17, 15) is 0 Å². The highest BCUT2D eigenvalue weighted by atomic mass is 32.2. The van der Waals surface area contributed by atoms with E-state index in [0.717, 1.165) is 0 Å². The topological polar surface area (TPSA) is 6.48 Å². The van der Waals surface area contributed by atoms with Gasteiger partial charge in [-0.1, -0.05) is 18.2 Å². The number of hydrazine groups is 1. The number of nitrogens with zero attached hydrogens (tertiary/aromatic N) is 2. The maximum absolute atomic E-state index is 5.35. The molecular formula is C10H14N2S2. The summed E-state index contributed by atoms with van der Waals surface area (Å²) < 4.78 is 0.199. The predicted octanol–water partition coefficient (Wildman–Crippen LogP) is 1.34. The Morgan fingerprint density at radius 1 is 1.29 bits per heavy atom. The number of hydrogen-bond acceptors (Lipinski definition) is 3. The third kappa shape index (κ3) is 1.74. The smallest absolute Gasteiger partial charge is 0.198 e. The first kappa shape index (κ1) is 10.2. The predicted molar refractivity (Wildman–Crippen MR) is 66.1 cm³/mol. The molecule has 1 aromatic carbocycles. The molecule has 1 fully saturated rings. The van der Waals surface area contributed by atoms with Crippen LogP contribution in [0.2, 0.25) is 0 Å². The van der Waals surface area contributed by atoms with E-state index in [-0.39, 0.29) is 4.71 Å². The summed E-state index contributed by atoms with van der Waals surface area (Å²) in [7, 11) is 2.06. The van der Waals surface area contributed by atoms with Crippen molar-refractivity contribution in [3.63, 3.8) is 0 Å². The van der Waals surface area contributed by atoms with E-state index in [1.807, 2.05) is 6.07 Å². The van der Waals surface area contributed by atoms with Gasteiger partial charge < -0.3 is 12.6 Å². The van der Waals surface area contributed by atoms with Crippen molar-refractivity contribution in [1.82, 2.24) is 5.01 Å². The van der Waals surface area contributed by atoms with Gasteiger partial charge in [-0.2, -0.15) is 5.01 Å². The second kappa shape index (κ2) is 4.04. The lowest BCUT2D eigenvalue weighted by molar-refractivity contribution is 0.358. The van der Waals surface area contributed by atoms with E-state index in [4.69, 9.17) is 12.6 Å². The Morgan fingerprint density at radius 3 is 2.43 bits per heavy atom. The summed E-state index contributed by atoms with van der Waals surface area (Å²) in [5, 5.41) is 4.88. The van der Waals surface area contributed by atoms with Gasteiger partial charge in [-0.3, -0.25) is 5.01 Å². The number of anilines is 1. The second-order valence-corrected chi connectivity index (χ2v) is 5.69. The van der Waals surface area contributed by atoms with Crippen molar-refractivity contribution in [2.75, 3.05) is 12.1 Å². The summed E-state index contributed by atoms with van der Waals surface area (Å²) in [5.74, 6) is 0. The SMILES string of the molecule is CC1[SH+]C([S-])N(C)N1c1ccccc1. The standard InChI is InChI=1S/C10H14N2S2/c1-8-12(11(2)10(13)14-8)9-6-4-3-5-7-9/h3-8,10,13H,1-2H3. The lowest BCUT2D eigenvalue weighted by Gasteiger charge is -2.29. The van der Waals surface area contributed by atoms with Gasteiger partial charge in [-0.15, -0.1) is 0 Å². The van der Waals surface area contributed by atoms with E-state index in [1.54, 1.807) is 0 Å². The van der Waals surface area contributed by atoms with Gasteiger partial charge in [0.05, 0.1) is 10.4 Å². The van der Waals surface area contributed by atoms with E-state index >= 15 is 0 Å². The van der Waals surface area contributed by atoms with Crippen LogP contribution in [0.4, 0.5) is 5.69 Å². The average Bonchev–Trinajstić information content (AvgIpc) is 2.43. The van der Waals surface area contributed by atoms with Gasteiger partial charge in [-0.25, -0.2) is 0 Å². The highest BCUT2D eigenvalue weighted by molar-refractivity contribution is 7.90. The largest absolute Gasteiger partial charge is 0.716 e. The van der Waals surface area contributed by atoms with E-state index in [2.05, 4.69) is 48.3 Å². The number of hydrogen-bond donors (Lipinski definition) is 0. The third-order valence-electron chi connectivity index (χ3n) is 2.38. The molecule has 76 valence electrons. The zero-order valence-electron chi connectivity index (χ0n) is 8.29. The first-order valence-electron chi connectivity index (χ1n) is 4.63. The highest BCUT2D eigenvalue weighted by Crippen LogP contribution is 2.26. The zero-order chi connectivity index (χ0) is 10.1. The number of para-hydroxylation sites is 1. The highest BCUT2D eigenvalue weighted by Gasteiger charge is 2.35. The summed E-state index contributed by atoms with van der Waals surface area (Å²) >= 11 is 6.65. The fourth-order valence-corrected chi connectivity index (χ4v) is 3.42. The van der Waals surface area contributed by atoms with Crippen LogP contribution in [0.15, 0.2) is 30.3 Å². The van der Waals surface area contributed by atoms with Crippen LogP contribution in [0.25, 0.3) is 0 Å². The van der Waals surface area contributed by atoms with Crippen LogP contribution in [-0.2, 0) is 24.4 Å². The maximum Gasteiger partial charge on any atom is 0.198 e. The molecular weight excluding hydrogens is 212 g/mol. The summed E-state index contributed by atoms with van der Waals surface area (Å²) in [4.78, 5) is 0. The zero-order valence-corrected chi connectivity index (χ0v) is 10.0. The van der Waals surface area contributed by atoms with Crippen molar-refractivity contribution in [2.45, 2.75) is 17.0 Å². The van der Waals surface area contributed by atoms with Gasteiger partial charge in [0.2, 0.25) is 0 Å². The number of thiol groups is 1. The average molecular weight is 226 g/mol. The monoisotopic (exact) mass is 226 g/mol. The van der Waals surface area contributed by atoms with Crippen LogP contribution < -0.4 is 5.01 Å². The number of rotatable bonds is 1. The van der Waals surface area contributed by atoms with Gasteiger partial charge in [0.15, 0.2) is 5.37 Å². The van der Waals surface area contributed by atoms with E-state index < -0.39 is 0 Å². The van der Waals surface area contributed by atoms with Crippen LogP contribution in [0, 0.1) is 0 Å². The molecule has 0 aliphatic carbocycles. The molecule has 0 aromatic heterocycles. The van der Waals surface area contributed by atoms with Crippen molar-refractivity contribution < 1.29 is 0 Å². The molecule has 0 amide bonds. The summed E-state index contributed by atoms with van der Waals surface area (Å²) in [6.45, 7) is 2.21. The Balaban J connectivity index is 2.26. The molecule has 0 bridgehead atoms. The molecule has 1 aliphatic rings. The van der Waals surface area contributed by atoms with Gasteiger partial charge >= 0.3 is 0 Å². The van der Waals surface area contributed by atoms with Crippen molar-refractivity contribution >= 4 is 30.1 Å². The second-order valence-electron chi connectivity index (χ2n) is 3.36.